The van der Waals surface area contributed by atoms with E-state index < -0.39 is 0 Å². The van der Waals surface area contributed by atoms with Crippen LogP contribution in [0.1, 0.15) is 64.3 Å². The number of hydrogen-bond acceptors (Lipinski definition) is 7. The highest BCUT2D eigenvalue weighted by atomic mass is 35.5. The van der Waals surface area contributed by atoms with Crippen molar-refractivity contribution in [3.8, 4) is 5.75 Å². The van der Waals surface area contributed by atoms with Crippen LogP contribution in [0.4, 0.5) is 17.5 Å². The van der Waals surface area contributed by atoms with Crippen molar-refractivity contribution in [1.82, 2.24) is 19.5 Å². The molecule has 0 atom stereocenters. The van der Waals surface area contributed by atoms with Gasteiger partial charge in [0.05, 0.1) is 6.33 Å². The second-order valence-electron chi connectivity index (χ2n) is 9.15. The number of aromatic nitrogens is 4. The molecule has 2 aliphatic rings. The van der Waals surface area contributed by atoms with Gasteiger partial charge in [0.1, 0.15) is 5.75 Å². The highest BCUT2D eigenvalue weighted by Gasteiger charge is 2.25. The number of nitrogens with zero attached hydrogens (tertiary/aromatic N) is 5. The van der Waals surface area contributed by atoms with E-state index in [4.69, 9.17) is 20.7 Å². The molecule has 0 unspecified atom stereocenters. The first-order valence-electron chi connectivity index (χ1n) is 12.0. The zero-order valence-electron chi connectivity index (χ0n) is 19.6. The molecule has 186 valence electrons. The quantitative estimate of drug-likeness (QED) is 0.413. The van der Waals surface area contributed by atoms with Gasteiger partial charge in [-0.05, 0) is 69.7 Å². The maximum Gasteiger partial charge on any atom is 0.227 e. The molecule has 0 saturated heterocycles. The second kappa shape index (κ2) is 11.4. The summed E-state index contributed by atoms with van der Waals surface area (Å²) in [5.41, 5.74) is 8.79. The number of nitrogens with two attached hydrogens (primary N) is 1. The van der Waals surface area contributed by atoms with E-state index in [0.717, 1.165) is 54.9 Å². The van der Waals surface area contributed by atoms with Crippen LogP contribution >= 0.6 is 24.8 Å². The molecular weight excluding hydrogens is 473 g/mol. The van der Waals surface area contributed by atoms with Crippen LogP contribution in [-0.4, -0.2) is 43.3 Å². The van der Waals surface area contributed by atoms with E-state index in [1.54, 1.807) is 12.1 Å². The molecule has 8 nitrogen and oxygen atoms in total. The van der Waals surface area contributed by atoms with Gasteiger partial charge in [-0.3, -0.25) is 0 Å². The summed E-state index contributed by atoms with van der Waals surface area (Å²) in [7, 11) is 0. The molecule has 2 aliphatic carbocycles. The van der Waals surface area contributed by atoms with Crippen molar-refractivity contribution in [3.63, 3.8) is 0 Å². The Morgan fingerprint density at radius 3 is 2.35 bits per heavy atom. The topological polar surface area (TPSA) is 105 Å². The summed E-state index contributed by atoms with van der Waals surface area (Å²) in [6, 6.07) is 8.34. The molecule has 3 aromatic rings. The minimum Gasteiger partial charge on any atom is -0.508 e. The van der Waals surface area contributed by atoms with Gasteiger partial charge in [0.2, 0.25) is 5.95 Å². The molecule has 10 heteroatoms. The summed E-state index contributed by atoms with van der Waals surface area (Å²) in [6.45, 7) is 2.83. The van der Waals surface area contributed by atoms with E-state index in [1.165, 1.54) is 25.7 Å². The summed E-state index contributed by atoms with van der Waals surface area (Å²) in [4.78, 5) is 16.8. The van der Waals surface area contributed by atoms with Crippen LogP contribution in [0.25, 0.3) is 11.2 Å². The lowest BCUT2D eigenvalue weighted by molar-refractivity contribution is 0.410. The minimum atomic E-state index is 0. The fourth-order valence-corrected chi connectivity index (χ4v) is 5.14. The van der Waals surface area contributed by atoms with Gasteiger partial charge < -0.3 is 25.6 Å². The first-order chi connectivity index (χ1) is 15.6. The molecule has 5 rings (SSSR count). The molecule has 34 heavy (non-hydrogen) atoms. The Bertz CT molecular complexity index is 1060. The molecule has 4 N–H and O–H groups in total. The van der Waals surface area contributed by atoms with Gasteiger partial charge >= 0.3 is 0 Å². The number of fused-ring (bicyclic) bond motifs is 1. The molecule has 0 aliphatic heterocycles. The van der Waals surface area contributed by atoms with Crippen LogP contribution in [0.5, 0.6) is 5.75 Å². The Hall–Kier alpha value is -2.29. The number of halogens is 2. The standard InChI is InChI=1S/C24H33N7O.2ClH/c1-2-30(19-11-13-20(32)14-12-19)22-21-23(31(15-26-21)18-5-3-4-6-18)29-24(28-22)27-17-9-7-16(25)8-10-17;;/h11-18,32H,2-10,25H2,1H3,(H,27,28,29);2*1H/t16-,17-;;. The molecular formula is C24H35Cl2N7O. The zero-order valence-corrected chi connectivity index (χ0v) is 21.2. The maximum absolute atomic E-state index is 9.74. The van der Waals surface area contributed by atoms with E-state index in [1.807, 2.05) is 18.5 Å². The first-order valence-corrected chi connectivity index (χ1v) is 12.0. The van der Waals surface area contributed by atoms with Gasteiger partial charge in [0.15, 0.2) is 17.0 Å². The summed E-state index contributed by atoms with van der Waals surface area (Å²) < 4.78 is 2.25. The molecule has 2 aromatic heterocycles. The molecule has 1 aromatic carbocycles. The summed E-state index contributed by atoms with van der Waals surface area (Å²) >= 11 is 0. The highest BCUT2D eigenvalue weighted by molar-refractivity contribution is 5.88. The van der Waals surface area contributed by atoms with E-state index in [0.29, 0.717) is 24.1 Å². The van der Waals surface area contributed by atoms with Crippen LogP contribution in [0.3, 0.4) is 0 Å². The number of benzene rings is 1. The lowest BCUT2D eigenvalue weighted by Gasteiger charge is -2.28. The monoisotopic (exact) mass is 507 g/mol. The van der Waals surface area contributed by atoms with E-state index in [9.17, 15) is 5.11 Å². The molecule has 2 heterocycles. The third-order valence-corrected chi connectivity index (χ3v) is 6.96. The number of anilines is 3. The Balaban J connectivity index is 0.00000162. The first kappa shape index (κ1) is 26.3. The summed E-state index contributed by atoms with van der Waals surface area (Å²) in [5, 5.41) is 13.3. The van der Waals surface area contributed by atoms with Gasteiger partial charge in [-0.2, -0.15) is 9.97 Å². The number of hydrogen-bond donors (Lipinski definition) is 3. The number of rotatable bonds is 6. The molecule has 0 amide bonds. The largest absolute Gasteiger partial charge is 0.508 e. The zero-order chi connectivity index (χ0) is 22.1. The fourth-order valence-electron chi connectivity index (χ4n) is 5.14. The smallest absolute Gasteiger partial charge is 0.227 e. The van der Waals surface area contributed by atoms with Crippen LogP contribution < -0.4 is 16.0 Å². The number of aromatic hydroxyl groups is 1. The van der Waals surface area contributed by atoms with Crippen LogP contribution in [0.2, 0.25) is 0 Å². The molecule has 0 bridgehead atoms. The van der Waals surface area contributed by atoms with Crippen molar-refractivity contribution in [3.05, 3.63) is 30.6 Å². The normalized spacial score (nSPS) is 20.5. The van der Waals surface area contributed by atoms with Gasteiger partial charge in [0, 0.05) is 30.4 Å². The van der Waals surface area contributed by atoms with Crippen molar-refractivity contribution >= 4 is 53.4 Å². The van der Waals surface area contributed by atoms with Crippen LogP contribution in [0, 0.1) is 0 Å². The van der Waals surface area contributed by atoms with Crippen molar-refractivity contribution in [1.29, 1.82) is 0 Å². The Morgan fingerprint density at radius 2 is 1.71 bits per heavy atom. The van der Waals surface area contributed by atoms with E-state index in [-0.39, 0.29) is 30.6 Å². The van der Waals surface area contributed by atoms with Gasteiger partial charge in [0.25, 0.3) is 0 Å². The van der Waals surface area contributed by atoms with Gasteiger partial charge in [-0.15, -0.1) is 24.8 Å². The molecule has 2 fully saturated rings. The maximum atomic E-state index is 9.74. The SMILES string of the molecule is CCN(c1ccc(O)cc1)c1nc(N[C@H]2CC[C@H](N)CC2)nc2c1ncn2C1CCCC1.Cl.Cl. The Kier molecular flexibility index (Phi) is 8.84. The third-order valence-electron chi connectivity index (χ3n) is 6.96. The van der Waals surface area contributed by atoms with Crippen molar-refractivity contribution in [2.24, 2.45) is 5.73 Å². The predicted octanol–water partition coefficient (Wildman–Crippen LogP) is 5.33. The number of phenols is 1. The van der Waals surface area contributed by atoms with Crippen molar-refractivity contribution in [2.45, 2.75) is 76.4 Å². The second-order valence-corrected chi connectivity index (χ2v) is 9.15. The Morgan fingerprint density at radius 1 is 1.03 bits per heavy atom. The van der Waals surface area contributed by atoms with E-state index in [2.05, 4.69) is 21.7 Å². The van der Waals surface area contributed by atoms with Gasteiger partial charge in [-0.25, -0.2) is 4.98 Å². The number of phenolic OH excluding ortho intramolecular Hbond substituents is 1. The third kappa shape index (κ3) is 5.34. The van der Waals surface area contributed by atoms with Crippen molar-refractivity contribution < 1.29 is 5.11 Å². The lowest BCUT2D eigenvalue weighted by Crippen LogP contribution is -2.33. The fraction of sp³-hybridized carbons (Fsp3) is 0.542. The number of imidazole rings is 1. The highest BCUT2D eigenvalue weighted by Crippen LogP contribution is 2.36. The lowest BCUT2D eigenvalue weighted by atomic mass is 9.92. The molecule has 0 spiro atoms. The Labute approximate surface area is 213 Å². The minimum absolute atomic E-state index is 0. The summed E-state index contributed by atoms with van der Waals surface area (Å²) in [5.74, 6) is 1.71. The average molecular weight is 508 g/mol. The molecule has 2 saturated carbocycles. The number of nitrogens with one attached hydrogen (secondary N) is 1. The predicted molar refractivity (Wildman–Crippen MR) is 142 cm³/mol. The van der Waals surface area contributed by atoms with Crippen LogP contribution in [-0.2, 0) is 0 Å². The van der Waals surface area contributed by atoms with Gasteiger partial charge in [-0.1, -0.05) is 12.8 Å². The average Bonchev–Trinajstić information content (AvgIpc) is 3.47. The molecule has 0 radical (unpaired) electrons. The summed E-state index contributed by atoms with van der Waals surface area (Å²) in [6.07, 6.45) is 10.9. The van der Waals surface area contributed by atoms with E-state index >= 15 is 0 Å². The van der Waals surface area contributed by atoms with Crippen LogP contribution in [0.15, 0.2) is 30.6 Å². The van der Waals surface area contributed by atoms with Crippen molar-refractivity contribution in [2.75, 3.05) is 16.8 Å².